The number of rotatable bonds is 3. The van der Waals surface area contributed by atoms with Gasteiger partial charge in [0.15, 0.2) is 0 Å². The number of nitrogens with zero attached hydrogens (tertiary/aromatic N) is 2. The lowest BCUT2D eigenvalue weighted by molar-refractivity contribution is 0.0608. The van der Waals surface area contributed by atoms with Gasteiger partial charge in [-0.1, -0.05) is 19.1 Å². The van der Waals surface area contributed by atoms with E-state index in [0.29, 0.717) is 12.5 Å². The van der Waals surface area contributed by atoms with Crippen LogP contribution in [0.3, 0.4) is 0 Å². The van der Waals surface area contributed by atoms with E-state index in [2.05, 4.69) is 13.0 Å². The molecule has 1 aliphatic heterocycles. The first-order chi connectivity index (χ1) is 9.26. The summed E-state index contributed by atoms with van der Waals surface area (Å²) in [5.74, 6) is 0.134. The Morgan fingerprint density at radius 3 is 2.74 bits per heavy atom. The van der Waals surface area contributed by atoms with E-state index in [1.807, 2.05) is 29.2 Å². The molecule has 19 heavy (non-hydrogen) atoms. The molecule has 0 radical (unpaired) electrons. The molecule has 0 aromatic heterocycles. The Kier molecular flexibility index (Phi) is 4.57. The van der Waals surface area contributed by atoms with E-state index in [1.165, 1.54) is 6.42 Å². The van der Waals surface area contributed by atoms with Crippen LogP contribution in [0.1, 0.15) is 48.5 Å². The van der Waals surface area contributed by atoms with Gasteiger partial charge in [0.1, 0.15) is 0 Å². The van der Waals surface area contributed by atoms with E-state index in [-0.39, 0.29) is 5.91 Å². The molecule has 1 aromatic carbocycles. The van der Waals surface area contributed by atoms with Gasteiger partial charge in [-0.15, -0.1) is 0 Å². The van der Waals surface area contributed by atoms with Crippen LogP contribution >= 0.6 is 0 Å². The maximum atomic E-state index is 12.5. The zero-order chi connectivity index (χ0) is 13.7. The molecule has 1 aliphatic rings. The molecule has 3 nitrogen and oxygen atoms in total. The van der Waals surface area contributed by atoms with Gasteiger partial charge in [0.05, 0.1) is 12.5 Å². The van der Waals surface area contributed by atoms with Crippen molar-refractivity contribution >= 4 is 5.91 Å². The number of carbonyl (C=O) groups is 1. The molecule has 1 amide bonds. The SMILES string of the molecule is CCC1CCCCN1C(=O)c1ccc(CC#N)cc1. The van der Waals surface area contributed by atoms with Crippen molar-refractivity contribution < 1.29 is 4.79 Å². The van der Waals surface area contributed by atoms with Gasteiger partial charge in [-0.25, -0.2) is 0 Å². The van der Waals surface area contributed by atoms with Gasteiger partial charge >= 0.3 is 0 Å². The minimum absolute atomic E-state index is 0.134. The van der Waals surface area contributed by atoms with Gasteiger partial charge in [0.2, 0.25) is 0 Å². The van der Waals surface area contributed by atoms with Crippen LogP contribution in [0.4, 0.5) is 0 Å². The second-order valence-corrected chi connectivity index (χ2v) is 5.09. The molecular formula is C16H20N2O. The normalized spacial score (nSPS) is 18.9. The Morgan fingerprint density at radius 2 is 2.11 bits per heavy atom. The molecule has 2 rings (SSSR count). The zero-order valence-corrected chi connectivity index (χ0v) is 11.4. The molecule has 1 aromatic rings. The Balaban J connectivity index is 2.12. The Hall–Kier alpha value is -1.82. The third-order valence-corrected chi connectivity index (χ3v) is 3.84. The first-order valence-corrected chi connectivity index (χ1v) is 7.03. The summed E-state index contributed by atoms with van der Waals surface area (Å²) < 4.78 is 0. The molecule has 1 unspecified atom stereocenters. The van der Waals surface area contributed by atoms with E-state index in [9.17, 15) is 4.79 Å². The van der Waals surface area contributed by atoms with Gasteiger partial charge in [-0.05, 0) is 43.4 Å². The van der Waals surface area contributed by atoms with Crippen LogP contribution in [0.15, 0.2) is 24.3 Å². The summed E-state index contributed by atoms with van der Waals surface area (Å²) in [5.41, 5.74) is 1.70. The average Bonchev–Trinajstić information content (AvgIpc) is 2.47. The van der Waals surface area contributed by atoms with E-state index in [0.717, 1.165) is 36.9 Å². The van der Waals surface area contributed by atoms with Gasteiger partial charge in [0.25, 0.3) is 5.91 Å². The van der Waals surface area contributed by atoms with Gasteiger partial charge in [-0.3, -0.25) is 4.79 Å². The number of benzene rings is 1. The highest BCUT2D eigenvalue weighted by Gasteiger charge is 2.25. The smallest absolute Gasteiger partial charge is 0.254 e. The monoisotopic (exact) mass is 256 g/mol. The lowest BCUT2D eigenvalue weighted by atomic mass is 9.98. The number of amides is 1. The van der Waals surface area contributed by atoms with Gasteiger partial charge < -0.3 is 4.90 Å². The van der Waals surface area contributed by atoms with Crippen molar-refractivity contribution in [2.75, 3.05) is 6.54 Å². The van der Waals surface area contributed by atoms with Crippen LogP contribution in [0, 0.1) is 11.3 Å². The summed E-state index contributed by atoms with van der Waals surface area (Å²) in [6, 6.07) is 9.95. The van der Waals surface area contributed by atoms with E-state index in [1.54, 1.807) is 0 Å². The van der Waals surface area contributed by atoms with Gasteiger partial charge in [0, 0.05) is 18.2 Å². The molecule has 1 atom stereocenters. The lowest BCUT2D eigenvalue weighted by Gasteiger charge is -2.35. The largest absolute Gasteiger partial charge is 0.336 e. The molecule has 1 fully saturated rings. The Labute approximate surface area is 114 Å². The first-order valence-electron chi connectivity index (χ1n) is 7.03. The second kappa shape index (κ2) is 6.38. The maximum absolute atomic E-state index is 12.5. The number of hydrogen-bond acceptors (Lipinski definition) is 2. The third kappa shape index (κ3) is 3.14. The summed E-state index contributed by atoms with van der Waals surface area (Å²) >= 11 is 0. The number of hydrogen-bond donors (Lipinski definition) is 0. The van der Waals surface area contributed by atoms with E-state index in [4.69, 9.17) is 5.26 Å². The summed E-state index contributed by atoms with van der Waals surface area (Å²) in [6.45, 7) is 3.02. The fourth-order valence-corrected chi connectivity index (χ4v) is 2.71. The highest BCUT2D eigenvalue weighted by molar-refractivity contribution is 5.94. The predicted molar refractivity (Wildman–Crippen MR) is 74.7 cm³/mol. The Bertz CT molecular complexity index is 473. The number of carbonyl (C=O) groups excluding carboxylic acids is 1. The maximum Gasteiger partial charge on any atom is 0.254 e. The highest BCUT2D eigenvalue weighted by Crippen LogP contribution is 2.21. The predicted octanol–water partition coefficient (Wildman–Crippen LogP) is 3.16. The molecule has 0 aliphatic carbocycles. The average molecular weight is 256 g/mol. The minimum atomic E-state index is 0.134. The molecule has 0 bridgehead atoms. The minimum Gasteiger partial charge on any atom is -0.336 e. The lowest BCUT2D eigenvalue weighted by Crippen LogP contribution is -2.43. The third-order valence-electron chi connectivity index (χ3n) is 3.84. The molecule has 1 saturated heterocycles. The summed E-state index contributed by atoms with van der Waals surface area (Å²) in [7, 11) is 0. The fourth-order valence-electron chi connectivity index (χ4n) is 2.71. The topological polar surface area (TPSA) is 44.1 Å². The van der Waals surface area contributed by atoms with Crippen molar-refractivity contribution in [1.82, 2.24) is 4.90 Å². The molecule has 0 N–H and O–H groups in total. The quantitative estimate of drug-likeness (QED) is 0.833. The van der Waals surface area contributed by atoms with Crippen molar-refractivity contribution in [3.8, 4) is 6.07 Å². The molecular weight excluding hydrogens is 236 g/mol. The van der Waals surface area contributed by atoms with Crippen LogP contribution in [0.5, 0.6) is 0 Å². The fraction of sp³-hybridized carbons (Fsp3) is 0.500. The molecule has 0 saturated carbocycles. The van der Waals surface area contributed by atoms with E-state index >= 15 is 0 Å². The van der Waals surface area contributed by atoms with Crippen molar-refractivity contribution in [2.45, 2.75) is 45.1 Å². The van der Waals surface area contributed by atoms with Crippen molar-refractivity contribution in [2.24, 2.45) is 0 Å². The van der Waals surface area contributed by atoms with Crippen LogP contribution in [0.2, 0.25) is 0 Å². The number of likely N-dealkylation sites (tertiary alicyclic amines) is 1. The molecule has 100 valence electrons. The van der Waals surface area contributed by atoms with Crippen molar-refractivity contribution in [3.63, 3.8) is 0 Å². The standard InChI is InChI=1S/C16H20N2O/c1-2-15-5-3-4-12-18(15)16(19)14-8-6-13(7-9-14)10-11-17/h6-9,15H,2-5,10,12H2,1H3. The van der Waals surface area contributed by atoms with Crippen molar-refractivity contribution in [1.29, 1.82) is 5.26 Å². The molecule has 3 heteroatoms. The van der Waals surface area contributed by atoms with Crippen LogP contribution in [-0.4, -0.2) is 23.4 Å². The van der Waals surface area contributed by atoms with Crippen LogP contribution < -0.4 is 0 Å². The summed E-state index contributed by atoms with van der Waals surface area (Å²) in [6.07, 6.45) is 4.88. The first kappa shape index (κ1) is 13.6. The van der Waals surface area contributed by atoms with Crippen molar-refractivity contribution in [3.05, 3.63) is 35.4 Å². The molecule has 1 heterocycles. The van der Waals surface area contributed by atoms with Crippen LogP contribution in [0.25, 0.3) is 0 Å². The zero-order valence-electron chi connectivity index (χ0n) is 11.4. The number of piperidine rings is 1. The summed E-state index contributed by atoms with van der Waals surface area (Å²) in [4.78, 5) is 14.5. The Morgan fingerprint density at radius 1 is 1.37 bits per heavy atom. The second-order valence-electron chi connectivity index (χ2n) is 5.09. The number of nitriles is 1. The van der Waals surface area contributed by atoms with E-state index < -0.39 is 0 Å². The highest BCUT2D eigenvalue weighted by atomic mass is 16.2. The molecule has 0 spiro atoms. The van der Waals surface area contributed by atoms with Gasteiger partial charge in [-0.2, -0.15) is 5.26 Å². The van der Waals surface area contributed by atoms with Crippen LogP contribution in [-0.2, 0) is 6.42 Å². The summed E-state index contributed by atoms with van der Waals surface area (Å²) in [5, 5.41) is 8.64.